The fourth-order valence-corrected chi connectivity index (χ4v) is 1.35. The Morgan fingerprint density at radius 2 is 2.31 bits per heavy atom. The molecule has 1 saturated heterocycles. The number of ketones is 1. The molecule has 4 heteroatoms. The fourth-order valence-electron chi connectivity index (χ4n) is 1.35. The van der Waals surface area contributed by atoms with Gasteiger partial charge in [-0.1, -0.05) is 0 Å². The summed E-state index contributed by atoms with van der Waals surface area (Å²) < 4.78 is 0. The topological polar surface area (TPSA) is 49.4 Å². The molecule has 0 unspecified atom stereocenters. The van der Waals surface area contributed by atoms with Crippen LogP contribution in [0.5, 0.6) is 0 Å². The van der Waals surface area contributed by atoms with Crippen molar-refractivity contribution >= 4 is 11.7 Å². The minimum Gasteiger partial charge on any atom is -0.355 e. The maximum atomic E-state index is 11.0. The molecule has 0 atom stereocenters. The van der Waals surface area contributed by atoms with Crippen molar-refractivity contribution in [1.29, 1.82) is 0 Å². The Morgan fingerprint density at radius 3 is 3.00 bits per heavy atom. The number of carbonyl (C=O) groups is 2. The lowest BCUT2D eigenvalue weighted by molar-refractivity contribution is -0.120. The van der Waals surface area contributed by atoms with Crippen molar-refractivity contribution in [2.75, 3.05) is 26.2 Å². The van der Waals surface area contributed by atoms with Gasteiger partial charge in [-0.3, -0.25) is 9.59 Å². The molecule has 1 fully saturated rings. The molecule has 0 radical (unpaired) electrons. The summed E-state index contributed by atoms with van der Waals surface area (Å²) in [5, 5.41) is 2.80. The second-order valence-electron chi connectivity index (χ2n) is 3.39. The van der Waals surface area contributed by atoms with Crippen LogP contribution in [0.2, 0.25) is 0 Å². The van der Waals surface area contributed by atoms with Gasteiger partial charge in [-0.15, -0.1) is 0 Å². The quantitative estimate of drug-likeness (QED) is 0.660. The lowest BCUT2D eigenvalue weighted by Crippen LogP contribution is -2.30. The largest absolute Gasteiger partial charge is 0.355 e. The SMILES string of the molecule is CC(=O)CCN1CCNC(=O)CC1. The highest BCUT2D eigenvalue weighted by Crippen LogP contribution is 1.97. The number of hydrogen-bond acceptors (Lipinski definition) is 3. The predicted octanol–water partition coefficient (Wildman–Crippen LogP) is -0.213. The van der Waals surface area contributed by atoms with E-state index in [9.17, 15) is 9.59 Å². The van der Waals surface area contributed by atoms with E-state index >= 15 is 0 Å². The zero-order chi connectivity index (χ0) is 9.68. The van der Waals surface area contributed by atoms with Crippen molar-refractivity contribution in [3.63, 3.8) is 0 Å². The van der Waals surface area contributed by atoms with E-state index in [1.54, 1.807) is 6.92 Å². The van der Waals surface area contributed by atoms with Gasteiger partial charge in [-0.25, -0.2) is 0 Å². The van der Waals surface area contributed by atoms with Gasteiger partial charge in [0.25, 0.3) is 0 Å². The molecule has 0 saturated carbocycles. The molecular formula is C9H16N2O2. The van der Waals surface area contributed by atoms with Crippen molar-refractivity contribution < 1.29 is 9.59 Å². The van der Waals surface area contributed by atoms with Crippen LogP contribution < -0.4 is 5.32 Å². The molecule has 0 aliphatic carbocycles. The second-order valence-corrected chi connectivity index (χ2v) is 3.39. The highest BCUT2D eigenvalue weighted by atomic mass is 16.1. The Hall–Kier alpha value is -0.900. The molecule has 4 nitrogen and oxygen atoms in total. The molecule has 0 bridgehead atoms. The van der Waals surface area contributed by atoms with E-state index in [4.69, 9.17) is 0 Å². The van der Waals surface area contributed by atoms with Gasteiger partial charge in [0.1, 0.15) is 5.78 Å². The molecule has 0 spiro atoms. The summed E-state index contributed by atoms with van der Waals surface area (Å²) >= 11 is 0. The van der Waals surface area contributed by atoms with Crippen molar-refractivity contribution in [2.24, 2.45) is 0 Å². The van der Waals surface area contributed by atoms with E-state index in [-0.39, 0.29) is 11.7 Å². The minimum atomic E-state index is 0.116. The monoisotopic (exact) mass is 184 g/mol. The molecule has 0 aromatic rings. The van der Waals surface area contributed by atoms with Crippen molar-refractivity contribution in [1.82, 2.24) is 10.2 Å². The molecule has 1 N–H and O–H groups in total. The van der Waals surface area contributed by atoms with E-state index < -0.39 is 0 Å². The van der Waals surface area contributed by atoms with Crippen molar-refractivity contribution in [2.45, 2.75) is 19.8 Å². The molecular weight excluding hydrogens is 168 g/mol. The maximum absolute atomic E-state index is 11.0. The molecule has 0 aromatic heterocycles. The summed E-state index contributed by atoms with van der Waals surface area (Å²) in [4.78, 5) is 23.8. The zero-order valence-corrected chi connectivity index (χ0v) is 8.01. The maximum Gasteiger partial charge on any atom is 0.221 e. The first kappa shape index (κ1) is 10.2. The molecule has 1 aliphatic heterocycles. The molecule has 1 rings (SSSR count). The van der Waals surface area contributed by atoms with E-state index in [1.807, 2.05) is 0 Å². The summed E-state index contributed by atoms with van der Waals surface area (Å²) in [5.74, 6) is 0.328. The number of nitrogens with zero attached hydrogens (tertiary/aromatic N) is 1. The van der Waals surface area contributed by atoms with Gasteiger partial charge in [0.15, 0.2) is 0 Å². The summed E-state index contributed by atoms with van der Waals surface area (Å²) in [6.45, 7) is 4.72. The minimum absolute atomic E-state index is 0.116. The predicted molar refractivity (Wildman–Crippen MR) is 49.4 cm³/mol. The van der Waals surface area contributed by atoms with Crippen LogP contribution in [0.4, 0.5) is 0 Å². The number of hydrogen-bond donors (Lipinski definition) is 1. The van der Waals surface area contributed by atoms with Crippen LogP contribution in [-0.4, -0.2) is 42.8 Å². The third-order valence-electron chi connectivity index (χ3n) is 2.19. The van der Waals surface area contributed by atoms with E-state index in [1.165, 1.54) is 0 Å². The first-order chi connectivity index (χ1) is 6.18. The van der Waals surface area contributed by atoms with Crippen LogP contribution >= 0.6 is 0 Å². The van der Waals surface area contributed by atoms with Gasteiger partial charge in [-0.05, 0) is 6.92 Å². The lowest BCUT2D eigenvalue weighted by Gasteiger charge is -2.17. The number of rotatable bonds is 3. The van der Waals surface area contributed by atoms with Crippen LogP contribution in [0.1, 0.15) is 19.8 Å². The van der Waals surface area contributed by atoms with E-state index in [0.29, 0.717) is 19.4 Å². The first-order valence-corrected chi connectivity index (χ1v) is 4.67. The van der Waals surface area contributed by atoms with Crippen LogP contribution in [0.15, 0.2) is 0 Å². The first-order valence-electron chi connectivity index (χ1n) is 4.67. The molecule has 0 aromatic carbocycles. The zero-order valence-electron chi connectivity index (χ0n) is 8.01. The van der Waals surface area contributed by atoms with Crippen LogP contribution in [0.3, 0.4) is 0 Å². The standard InChI is InChI=1S/C9H16N2O2/c1-8(12)2-5-11-6-3-9(13)10-4-7-11/h2-7H2,1H3,(H,10,13). The van der Waals surface area contributed by atoms with Gasteiger partial charge in [0, 0.05) is 39.0 Å². The Balaban J connectivity index is 2.25. The third-order valence-corrected chi connectivity index (χ3v) is 2.19. The Kier molecular flexibility index (Phi) is 3.89. The number of Topliss-reactive ketones (excluding diaryl/α,β-unsaturated/α-hetero) is 1. The molecule has 1 amide bonds. The highest BCUT2D eigenvalue weighted by molar-refractivity contribution is 5.76. The number of amides is 1. The summed E-state index contributed by atoms with van der Waals surface area (Å²) in [5.41, 5.74) is 0. The Bertz CT molecular complexity index is 204. The highest BCUT2D eigenvalue weighted by Gasteiger charge is 2.12. The number of nitrogens with one attached hydrogen (secondary N) is 1. The second kappa shape index (κ2) is 4.97. The Morgan fingerprint density at radius 1 is 1.54 bits per heavy atom. The van der Waals surface area contributed by atoms with Gasteiger partial charge in [-0.2, -0.15) is 0 Å². The van der Waals surface area contributed by atoms with Gasteiger partial charge >= 0.3 is 0 Å². The Labute approximate surface area is 78.3 Å². The van der Waals surface area contributed by atoms with E-state index in [0.717, 1.165) is 19.6 Å². The van der Waals surface area contributed by atoms with Gasteiger partial charge < -0.3 is 10.2 Å². The van der Waals surface area contributed by atoms with Crippen molar-refractivity contribution in [3.8, 4) is 0 Å². The summed E-state index contributed by atoms with van der Waals surface area (Å²) in [6, 6.07) is 0. The normalized spacial score (nSPS) is 19.3. The number of carbonyl (C=O) groups excluding carboxylic acids is 2. The smallest absolute Gasteiger partial charge is 0.221 e. The van der Waals surface area contributed by atoms with E-state index in [2.05, 4.69) is 10.2 Å². The summed E-state index contributed by atoms with van der Waals surface area (Å²) in [6.07, 6.45) is 1.14. The van der Waals surface area contributed by atoms with Crippen LogP contribution in [0, 0.1) is 0 Å². The average Bonchev–Trinajstić information content (AvgIpc) is 2.27. The van der Waals surface area contributed by atoms with Gasteiger partial charge in [0.2, 0.25) is 5.91 Å². The summed E-state index contributed by atoms with van der Waals surface area (Å²) in [7, 11) is 0. The average molecular weight is 184 g/mol. The van der Waals surface area contributed by atoms with Crippen molar-refractivity contribution in [3.05, 3.63) is 0 Å². The van der Waals surface area contributed by atoms with Crippen LogP contribution in [0.25, 0.3) is 0 Å². The molecule has 74 valence electrons. The lowest BCUT2D eigenvalue weighted by atomic mass is 10.3. The molecule has 1 heterocycles. The fraction of sp³-hybridized carbons (Fsp3) is 0.778. The van der Waals surface area contributed by atoms with Gasteiger partial charge in [0.05, 0.1) is 0 Å². The molecule has 13 heavy (non-hydrogen) atoms. The van der Waals surface area contributed by atoms with Crippen LogP contribution in [-0.2, 0) is 9.59 Å². The third kappa shape index (κ3) is 4.03. The molecule has 1 aliphatic rings.